The van der Waals surface area contributed by atoms with Crippen LogP contribution in [-0.2, 0) is 10.0 Å². The zero-order valence-corrected chi connectivity index (χ0v) is 14.2. The van der Waals surface area contributed by atoms with Gasteiger partial charge in [0.2, 0.25) is 10.0 Å². The van der Waals surface area contributed by atoms with E-state index >= 15 is 0 Å². The smallest absolute Gasteiger partial charge is 0.211 e. The topological polar surface area (TPSA) is 49.4 Å². The number of piperidine rings is 1. The van der Waals surface area contributed by atoms with Crippen molar-refractivity contribution in [1.82, 2.24) is 9.62 Å². The van der Waals surface area contributed by atoms with E-state index in [2.05, 4.69) is 12.2 Å². The third kappa shape index (κ3) is 4.43. The molecule has 2 rings (SSSR count). The first-order chi connectivity index (χ1) is 9.36. The Morgan fingerprint density at radius 3 is 2.90 bits per heavy atom. The van der Waals surface area contributed by atoms with Crippen molar-refractivity contribution in [2.45, 2.75) is 25.8 Å². The van der Waals surface area contributed by atoms with E-state index < -0.39 is 10.0 Å². The highest BCUT2D eigenvalue weighted by Crippen LogP contribution is 2.27. The quantitative estimate of drug-likeness (QED) is 0.899. The molecule has 1 N–H and O–H groups in total. The van der Waals surface area contributed by atoms with Crippen LogP contribution in [0, 0.1) is 5.92 Å². The molecule has 0 bridgehead atoms. The molecule has 2 atom stereocenters. The summed E-state index contributed by atoms with van der Waals surface area (Å²) < 4.78 is 25.6. The van der Waals surface area contributed by atoms with Crippen molar-refractivity contribution in [2.24, 2.45) is 5.92 Å². The first-order valence-electron chi connectivity index (χ1n) is 6.80. The zero-order chi connectivity index (χ0) is 14.8. The van der Waals surface area contributed by atoms with Gasteiger partial charge in [-0.3, -0.25) is 0 Å². The Bertz CT molecular complexity index is 544. The molecule has 1 aromatic rings. The molecule has 4 nitrogen and oxygen atoms in total. The standard InChI is InChI=1S/C13H21ClN2O2S2/c1-10(12-5-6-13(14)19-12)15-8-11-4-3-7-16(9-11)20(2,17)18/h5-6,10-11,15H,3-4,7-9H2,1-2H3. The zero-order valence-electron chi connectivity index (χ0n) is 11.8. The van der Waals surface area contributed by atoms with Crippen LogP contribution in [0.5, 0.6) is 0 Å². The SMILES string of the molecule is CC(NCC1CCCN(S(C)(=O)=O)C1)c1ccc(Cl)s1. The Morgan fingerprint density at radius 2 is 2.30 bits per heavy atom. The Labute approximate surface area is 130 Å². The van der Waals surface area contributed by atoms with Gasteiger partial charge in [-0.25, -0.2) is 12.7 Å². The highest BCUT2D eigenvalue weighted by molar-refractivity contribution is 7.88. The van der Waals surface area contributed by atoms with Gasteiger partial charge in [0.25, 0.3) is 0 Å². The van der Waals surface area contributed by atoms with Crippen LogP contribution in [0.4, 0.5) is 0 Å². The summed E-state index contributed by atoms with van der Waals surface area (Å²) >= 11 is 7.52. The maximum atomic E-state index is 11.6. The number of rotatable bonds is 5. The highest BCUT2D eigenvalue weighted by atomic mass is 35.5. The monoisotopic (exact) mass is 336 g/mol. The molecule has 0 saturated carbocycles. The van der Waals surface area contributed by atoms with Gasteiger partial charge in [0.05, 0.1) is 10.6 Å². The van der Waals surface area contributed by atoms with Gasteiger partial charge in [0.1, 0.15) is 0 Å². The van der Waals surface area contributed by atoms with Crippen LogP contribution in [0.15, 0.2) is 12.1 Å². The summed E-state index contributed by atoms with van der Waals surface area (Å²) in [5, 5.41) is 3.48. The summed E-state index contributed by atoms with van der Waals surface area (Å²) in [4.78, 5) is 1.21. The third-order valence-corrected chi connectivity index (χ3v) is 6.37. The lowest BCUT2D eigenvalue weighted by Gasteiger charge is -2.31. The number of sulfonamides is 1. The molecule has 0 radical (unpaired) electrons. The van der Waals surface area contributed by atoms with Gasteiger partial charge in [0.15, 0.2) is 0 Å². The van der Waals surface area contributed by atoms with Crippen LogP contribution in [-0.4, -0.2) is 38.6 Å². The van der Waals surface area contributed by atoms with E-state index in [-0.39, 0.29) is 6.04 Å². The Balaban J connectivity index is 1.84. The maximum absolute atomic E-state index is 11.6. The minimum Gasteiger partial charge on any atom is -0.309 e. The molecule has 0 spiro atoms. The first kappa shape index (κ1) is 16.2. The van der Waals surface area contributed by atoms with Gasteiger partial charge in [-0.1, -0.05) is 11.6 Å². The van der Waals surface area contributed by atoms with Crippen LogP contribution in [0.25, 0.3) is 0 Å². The molecule has 1 fully saturated rings. The third-order valence-electron chi connectivity index (χ3n) is 3.68. The number of hydrogen-bond acceptors (Lipinski definition) is 4. The van der Waals surface area contributed by atoms with Gasteiger partial charge in [0, 0.05) is 24.0 Å². The first-order valence-corrected chi connectivity index (χ1v) is 9.84. The van der Waals surface area contributed by atoms with Gasteiger partial charge in [-0.15, -0.1) is 11.3 Å². The van der Waals surface area contributed by atoms with Gasteiger partial charge < -0.3 is 5.32 Å². The average molecular weight is 337 g/mol. The van der Waals surface area contributed by atoms with Gasteiger partial charge >= 0.3 is 0 Å². The summed E-state index contributed by atoms with van der Waals surface area (Å²) in [5.74, 6) is 0.386. The molecule has 2 heterocycles. The molecule has 0 aliphatic carbocycles. The fourth-order valence-corrected chi connectivity index (χ4v) is 4.53. The summed E-state index contributed by atoms with van der Waals surface area (Å²) in [6, 6.07) is 4.20. The van der Waals surface area contributed by atoms with Gasteiger partial charge in [-0.05, 0) is 44.4 Å². The molecular formula is C13H21ClN2O2S2. The predicted octanol–water partition coefficient (Wildman–Crippen LogP) is 2.72. The lowest BCUT2D eigenvalue weighted by molar-refractivity contribution is 0.257. The van der Waals surface area contributed by atoms with E-state index in [0.717, 1.165) is 23.7 Å². The number of hydrogen-bond donors (Lipinski definition) is 1. The van der Waals surface area contributed by atoms with E-state index in [0.29, 0.717) is 19.0 Å². The molecule has 114 valence electrons. The second-order valence-corrected chi connectivity index (χ2v) is 9.13. The van der Waals surface area contributed by atoms with Crippen LogP contribution in [0.2, 0.25) is 4.34 Å². The number of nitrogens with one attached hydrogen (secondary N) is 1. The molecule has 20 heavy (non-hydrogen) atoms. The fourth-order valence-electron chi connectivity index (χ4n) is 2.50. The summed E-state index contributed by atoms with van der Waals surface area (Å²) in [7, 11) is -3.06. The molecule has 2 unspecified atom stereocenters. The van der Waals surface area contributed by atoms with Crippen molar-refractivity contribution in [3.05, 3.63) is 21.3 Å². The van der Waals surface area contributed by atoms with Crippen molar-refractivity contribution in [3.63, 3.8) is 0 Å². The van der Waals surface area contributed by atoms with Crippen LogP contribution in [0.3, 0.4) is 0 Å². The molecule has 1 aliphatic heterocycles. The van der Waals surface area contributed by atoms with Crippen LogP contribution >= 0.6 is 22.9 Å². The maximum Gasteiger partial charge on any atom is 0.211 e. The van der Waals surface area contributed by atoms with E-state index in [4.69, 9.17) is 11.6 Å². The van der Waals surface area contributed by atoms with Crippen molar-refractivity contribution >= 4 is 33.0 Å². The Kier molecular flexibility index (Phi) is 5.48. The van der Waals surface area contributed by atoms with Crippen molar-refractivity contribution in [1.29, 1.82) is 0 Å². The Hall–Kier alpha value is -0.140. The lowest BCUT2D eigenvalue weighted by Crippen LogP contribution is -2.42. The van der Waals surface area contributed by atoms with E-state index in [1.54, 1.807) is 15.6 Å². The number of thiophene rings is 1. The minimum atomic E-state index is -3.06. The molecular weight excluding hydrogens is 316 g/mol. The van der Waals surface area contributed by atoms with E-state index in [1.807, 2.05) is 12.1 Å². The molecule has 0 amide bonds. The van der Waals surface area contributed by atoms with Crippen molar-refractivity contribution < 1.29 is 8.42 Å². The summed E-state index contributed by atoms with van der Waals surface area (Å²) in [6.45, 7) is 4.23. The fraction of sp³-hybridized carbons (Fsp3) is 0.692. The van der Waals surface area contributed by atoms with Gasteiger partial charge in [-0.2, -0.15) is 0 Å². The minimum absolute atomic E-state index is 0.251. The predicted molar refractivity (Wildman–Crippen MR) is 84.9 cm³/mol. The second-order valence-electron chi connectivity index (χ2n) is 5.40. The largest absolute Gasteiger partial charge is 0.309 e. The van der Waals surface area contributed by atoms with E-state index in [9.17, 15) is 8.42 Å². The number of halogens is 1. The van der Waals surface area contributed by atoms with E-state index in [1.165, 1.54) is 11.1 Å². The number of nitrogens with zero attached hydrogens (tertiary/aromatic N) is 1. The lowest BCUT2D eigenvalue weighted by atomic mass is 9.99. The van der Waals surface area contributed by atoms with Crippen molar-refractivity contribution in [2.75, 3.05) is 25.9 Å². The normalized spacial score (nSPS) is 22.9. The summed E-state index contributed by atoms with van der Waals surface area (Å²) in [6.07, 6.45) is 3.31. The molecule has 1 saturated heterocycles. The van der Waals surface area contributed by atoms with Crippen molar-refractivity contribution in [3.8, 4) is 0 Å². The Morgan fingerprint density at radius 1 is 1.55 bits per heavy atom. The molecule has 7 heteroatoms. The second kappa shape index (κ2) is 6.75. The van der Waals surface area contributed by atoms with Crippen LogP contribution in [0.1, 0.15) is 30.7 Å². The molecule has 1 aromatic heterocycles. The summed E-state index contributed by atoms with van der Waals surface area (Å²) in [5.41, 5.74) is 0. The average Bonchev–Trinajstić information content (AvgIpc) is 2.82. The molecule has 0 aromatic carbocycles. The highest BCUT2D eigenvalue weighted by Gasteiger charge is 2.26. The molecule has 1 aliphatic rings. The van der Waals surface area contributed by atoms with Crippen LogP contribution < -0.4 is 5.32 Å².